The lowest BCUT2D eigenvalue weighted by atomic mass is 10.6. The van der Waals surface area contributed by atoms with Crippen LogP contribution in [0, 0.1) is 0 Å². The van der Waals surface area contributed by atoms with E-state index in [0.29, 0.717) is 0 Å². The monoisotopic (exact) mass is 351 g/mol. The molecule has 0 aromatic heterocycles. The SMILES string of the molecule is CCC.CCC.CCC.CCC.CN(C)COCC[Si](C)(C)C. The highest BCUT2D eigenvalue weighted by Crippen LogP contribution is 2.07. The van der Waals surface area contributed by atoms with E-state index in [9.17, 15) is 0 Å². The van der Waals surface area contributed by atoms with Crippen molar-refractivity contribution < 1.29 is 4.74 Å². The maximum atomic E-state index is 5.43. The molecule has 148 valence electrons. The molecule has 0 N–H and O–H groups in total. The molecule has 0 aromatic carbocycles. The predicted octanol–water partition coefficient (Wildman–Crippen LogP) is 7.53. The van der Waals surface area contributed by atoms with E-state index in [2.05, 4.69) is 75.0 Å². The molecule has 0 saturated carbocycles. The van der Waals surface area contributed by atoms with Crippen LogP contribution in [0.4, 0.5) is 0 Å². The molecule has 0 bridgehead atoms. The van der Waals surface area contributed by atoms with Crippen molar-refractivity contribution >= 4 is 8.07 Å². The minimum absolute atomic E-state index is 0.754. The zero-order chi connectivity index (χ0) is 19.7. The van der Waals surface area contributed by atoms with Gasteiger partial charge in [-0.05, 0) is 20.1 Å². The molecule has 0 unspecified atom stereocenters. The molecule has 0 spiro atoms. The molecule has 0 rings (SSSR count). The van der Waals surface area contributed by atoms with Crippen LogP contribution in [0.3, 0.4) is 0 Å². The summed E-state index contributed by atoms with van der Waals surface area (Å²) in [4.78, 5) is 2.05. The first-order chi connectivity index (χ1) is 10.6. The molecule has 0 heterocycles. The molecule has 23 heavy (non-hydrogen) atoms. The second kappa shape index (κ2) is 33.7. The highest BCUT2D eigenvalue weighted by atomic mass is 28.3. The third-order valence-electron chi connectivity index (χ3n) is 1.35. The second-order valence-electron chi connectivity index (χ2n) is 7.26. The molecule has 3 heteroatoms. The van der Waals surface area contributed by atoms with Crippen molar-refractivity contribution in [2.24, 2.45) is 0 Å². The molecule has 0 amide bonds. The minimum Gasteiger partial charge on any atom is -0.366 e. The van der Waals surface area contributed by atoms with Crippen LogP contribution < -0.4 is 0 Å². The van der Waals surface area contributed by atoms with Gasteiger partial charge in [-0.2, -0.15) is 0 Å². The Morgan fingerprint density at radius 3 is 1.09 bits per heavy atom. The van der Waals surface area contributed by atoms with E-state index in [0.717, 1.165) is 13.3 Å². The Bertz CT molecular complexity index is 137. The smallest absolute Gasteiger partial charge is 0.0985 e. The molecule has 0 aliphatic carbocycles. The molecule has 0 aromatic rings. The largest absolute Gasteiger partial charge is 0.366 e. The summed E-state index contributed by atoms with van der Waals surface area (Å²) in [7, 11) is 3.17. The van der Waals surface area contributed by atoms with Gasteiger partial charge in [0.15, 0.2) is 0 Å². The van der Waals surface area contributed by atoms with Crippen molar-refractivity contribution in [2.75, 3.05) is 27.4 Å². The van der Waals surface area contributed by atoms with Gasteiger partial charge in [0.2, 0.25) is 0 Å². The number of hydrogen-bond acceptors (Lipinski definition) is 2. The van der Waals surface area contributed by atoms with Crippen LogP contribution >= 0.6 is 0 Å². The molecule has 2 nitrogen and oxygen atoms in total. The van der Waals surface area contributed by atoms with Gasteiger partial charge in [-0.15, -0.1) is 0 Å². The van der Waals surface area contributed by atoms with Gasteiger partial charge < -0.3 is 4.74 Å². The summed E-state index contributed by atoms with van der Waals surface area (Å²) >= 11 is 0. The van der Waals surface area contributed by atoms with E-state index in [1.165, 1.54) is 31.7 Å². The summed E-state index contributed by atoms with van der Waals surface area (Å²) in [6.07, 6.45) is 5.00. The highest BCUT2D eigenvalue weighted by Gasteiger charge is 2.11. The van der Waals surface area contributed by atoms with E-state index >= 15 is 0 Å². The first-order valence-corrected chi connectivity index (χ1v) is 13.5. The second-order valence-corrected chi connectivity index (χ2v) is 12.9. The van der Waals surface area contributed by atoms with Crippen molar-refractivity contribution in [1.29, 1.82) is 0 Å². The van der Waals surface area contributed by atoms with Crippen LogP contribution in [0.25, 0.3) is 0 Å². The summed E-state index contributed by atoms with van der Waals surface area (Å²) in [6.45, 7) is 25.8. The quantitative estimate of drug-likeness (QED) is 0.288. The molecule has 0 saturated heterocycles. The van der Waals surface area contributed by atoms with Crippen LogP contribution in [0.15, 0.2) is 0 Å². The third kappa shape index (κ3) is 136. The summed E-state index contributed by atoms with van der Waals surface area (Å²) in [5.74, 6) is 0. The number of ether oxygens (including phenoxy) is 1. The van der Waals surface area contributed by atoms with Gasteiger partial charge in [0, 0.05) is 14.7 Å². The fraction of sp³-hybridized carbons (Fsp3) is 1.00. The Morgan fingerprint density at radius 1 is 0.652 bits per heavy atom. The Balaban J connectivity index is -0.0000000740. The Labute approximate surface area is 152 Å². The average molecular weight is 352 g/mol. The zero-order valence-electron chi connectivity index (χ0n) is 19.3. The normalized spacial score (nSPS) is 9.13. The van der Waals surface area contributed by atoms with Gasteiger partial charge >= 0.3 is 0 Å². The van der Waals surface area contributed by atoms with Crippen LogP contribution in [0.1, 0.15) is 81.1 Å². The van der Waals surface area contributed by atoms with Gasteiger partial charge in [0.1, 0.15) is 0 Å². The molecule has 0 atom stereocenters. The summed E-state index contributed by atoms with van der Waals surface area (Å²) < 4.78 is 5.43. The average Bonchev–Trinajstić information content (AvgIpc) is 2.37. The van der Waals surface area contributed by atoms with Gasteiger partial charge in [-0.25, -0.2) is 0 Å². The van der Waals surface area contributed by atoms with E-state index in [-0.39, 0.29) is 0 Å². The first-order valence-electron chi connectivity index (χ1n) is 9.80. The van der Waals surface area contributed by atoms with E-state index < -0.39 is 8.07 Å². The van der Waals surface area contributed by atoms with Crippen LogP contribution in [-0.4, -0.2) is 40.4 Å². The van der Waals surface area contributed by atoms with Crippen LogP contribution in [0.5, 0.6) is 0 Å². The lowest BCUT2D eigenvalue weighted by Gasteiger charge is -2.16. The van der Waals surface area contributed by atoms with Gasteiger partial charge in [-0.3, -0.25) is 4.90 Å². The van der Waals surface area contributed by atoms with Crippen molar-refractivity contribution in [3.63, 3.8) is 0 Å². The van der Waals surface area contributed by atoms with Crippen molar-refractivity contribution in [3.05, 3.63) is 0 Å². The minimum atomic E-state index is -0.873. The van der Waals surface area contributed by atoms with Crippen molar-refractivity contribution in [2.45, 2.75) is 107 Å². The Kier molecular flexibility index (Phi) is 50.5. The number of nitrogens with zero attached hydrogens (tertiary/aromatic N) is 1. The lowest BCUT2D eigenvalue weighted by Crippen LogP contribution is -2.24. The van der Waals surface area contributed by atoms with Crippen molar-refractivity contribution in [1.82, 2.24) is 4.90 Å². The Hall–Kier alpha value is 0.137. The molecule has 0 fully saturated rings. The standard InChI is InChI=1S/C8H21NOSi.4C3H8/c1-9(2)8-10-6-7-11(3,4)5;4*1-3-2/h6-8H2,1-5H3;4*3H2,1-2H3. The number of hydrogen-bond donors (Lipinski definition) is 0. The molecule has 0 radical (unpaired) electrons. The number of rotatable bonds is 5. The fourth-order valence-corrected chi connectivity index (χ4v) is 1.38. The lowest BCUT2D eigenvalue weighted by molar-refractivity contribution is 0.0645. The molecular formula is C20H53NOSi. The third-order valence-corrected chi connectivity index (χ3v) is 3.05. The van der Waals surface area contributed by atoms with E-state index in [1.807, 2.05) is 19.0 Å². The van der Waals surface area contributed by atoms with Crippen LogP contribution in [-0.2, 0) is 4.74 Å². The highest BCUT2D eigenvalue weighted by molar-refractivity contribution is 6.76. The van der Waals surface area contributed by atoms with E-state index in [4.69, 9.17) is 4.74 Å². The maximum Gasteiger partial charge on any atom is 0.0985 e. The van der Waals surface area contributed by atoms with Crippen molar-refractivity contribution in [3.8, 4) is 0 Å². The topological polar surface area (TPSA) is 12.5 Å². The maximum absolute atomic E-state index is 5.43. The zero-order valence-corrected chi connectivity index (χ0v) is 20.3. The summed E-state index contributed by atoms with van der Waals surface area (Å²) in [5.41, 5.74) is 0. The van der Waals surface area contributed by atoms with E-state index in [1.54, 1.807) is 0 Å². The summed E-state index contributed by atoms with van der Waals surface area (Å²) in [5, 5.41) is 0. The summed E-state index contributed by atoms with van der Waals surface area (Å²) in [6, 6.07) is 1.26. The molecule has 0 aliphatic heterocycles. The molecular weight excluding hydrogens is 298 g/mol. The predicted molar refractivity (Wildman–Crippen MR) is 117 cm³/mol. The van der Waals surface area contributed by atoms with Crippen LogP contribution in [0.2, 0.25) is 25.7 Å². The molecule has 0 aliphatic rings. The van der Waals surface area contributed by atoms with Gasteiger partial charge in [0.25, 0.3) is 0 Å². The van der Waals surface area contributed by atoms with Gasteiger partial charge in [-0.1, -0.05) is 101 Å². The first kappa shape index (κ1) is 34.5. The fourth-order valence-electron chi connectivity index (χ4n) is 0.625. The Morgan fingerprint density at radius 2 is 0.913 bits per heavy atom. The van der Waals surface area contributed by atoms with Gasteiger partial charge in [0.05, 0.1) is 6.73 Å².